The smallest absolute Gasteiger partial charge is 0.415 e. The Hall–Kier alpha value is -4.05. The van der Waals surface area contributed by atoms with Gasteiger partial charge in [0, 0.05) is 17.5 Å². The summed E-state index contributed by atoms with van der Waals surface area (Å²) in [6.07, 6.45) is 5.09. The number of nitriles is 1. The molecule has 0 radical (unpaired) electrons. The van der Waals surface area contributed by atoms with Crippen LogP contribution >= 0.6 is 0 Å². The quantitative estimate of drug-likeness (QED) is 0.517. The van der Waals surface area contributed by atoms with Gasteiger partial charge in [0.05, 0.1) is 31.0 Å². The highest BCUT2D eigenvalue weighted by Gasteiger charge is 2.29. The summed E-state index contributed by atoms with van der Waals surface area (Å²) in [6.45, 7) is 9.50. The highest BCUT2D eigenvalue weighted by molar-refractivity contribution is 6.11. The van der Waals surface area contributed by atoms with Gasteiger partial charge in [0.15, 0.2) is 0 Å². The molecule has 7 nitrogen and oxygen atoms in total. The summed E-state index contributed by atoms with van der Waals surface area (Å²) in [7, 11) is 1.28. The van der Waals surface area contributed by atoms with E-state index >= 15 is 0 Å². The van der Waals surface area contributed by atoms with Crippen LogP contribution < -0.4 is 10.2 Å². The van der Waals surface area contributed by atoms with Gasteiger partial charge in [-0.15, -0.1) is 0 Å². The maximum absolute atomic E-state index is 13.3. The summed E-state index contributed by atoms with van der Waals surface area (Å²) in [4.78, 5) is 27.3. The molecule has 0 saturated heterocycles. The SMILES string of the molecule is C=C(C#N)CN(C(=O)OC(C)(C)C)c1c(C(=O)OC)ccc2ccc(C3=CC=CNC3)cc12. The lowest BCUT2D eigenvalue weighted by Crippen LogP contribution is -2.39. The van der Waals surface area contributed by atoms with Gasteiger partial charge >= 0.3 is 12.1 Å². The maximum atomic E-state index is 13.3. The number of methoxy groups -OCH3 is 1. The Morgan fingerprint density at radius 1 is 1.24 bits per heavy atom. The Morgan fingerprint density at radius 2 is 1.97 bits per heavy atom. The predicted molar refractivity (Wildman–Crippen MR) is 129 cm³/mol. The molecule has 2 aromatic rings. The topological polar surface area (TPSA) is 91.7 Å². The molecule has 0 bridgehead atoms. The van der Waals surface area contributed by atoms with E-state index in [0.29, 0.717) is 17.6 Å². The largest absolute Gasteiger partial charge is 0.465 e. The van der Waals surface area contributed by atoms with Crippen LogP contribution in [0.5, 0.6) is 0 Å². The average Bonchev–Trinajstić information content (AvgIpc) is 2.80. The van der Waals surface area contributed by atoms with Crippen molar-refractivity contribution in [1.29, 1.82) is 5.26 Å². The minimum absolute atomic E-state index is 0.133. The number of rotatable bonds is 5. The first-order chi connectivity index (χ1) is 15.6. The summed E-state index contributed by atoms with van der Waals surface area (Å²) < 4.78 is 10.6. The van der Waals surface area contributed by atoms with E-state index in [2.05, 4.69) is 11.9 Å². The van der Waals surface area contributed by atoms with Crippen LogP contribution in [0.3, 0.4) is 0 Å². The highest BCUT2D eigenvalue weighted by atomic mass is 16.6. The number of nitrogens with one attached hydrogen (secondary N) is 1. The normalized spacial score (nSPS) is 12.9. The molecular formula is C26H27N3O4. The molecule has 3 rings (SSSR count). The number of esters is 1. The van der Waals surface area contributed by atoms with Crippen molar-refractivity contribution < 1.29 is 19.1 Å². The van der Waals surface area contributed by atoms with Crippen molar-refractivity contribution in [3.63, 3.8) is 0 Å². The van der Waals surface area contributed by atoms with E-state index < -0.39 is 17.7 Å². The lowest BCUT2D eigenvalue weighted by Gasteiger charge is -2.29. The Labute approximate surface area is 193 Å². The second kappa shape index (κ2) is 9.61. The maximum Gasteiger partial charge on any atom is 0.415 e. The number of carbonyl (C=O) groups excluding carboxylic acids is 2. The van der Waals surface area contributed by atoms with Gasteiger partial charge in [-0.05, 0) is 61.7 Å². The van der Waals surface area contributed by atoms with E-state index in [1.807, 2.05) is 42.6 Å². The molecule has 2 aromatic carbocycles. The molecule has 1 amide bonds. The molecule has 1 aliphatic heterocycles. The third-order valence-corrected chi connectivity index (χ3v) is 4.96. The van der Waals surface area contributed by atoms with Crippen molar-refractivity contribution in [2.45, 2.75) is 26.4 Å². The monoisotopic (exact) mass is 445 g/mol. The number of ether oxygens (including phenoxy) is 2. The minimum Gasteiger partial charge on any atom is -0.465 e. The fourth-order valence-electron chi connectivity index (χ4n) is 3.51. The lowest BCUT2D eigenvalue weighted by atomic mass is 9.96. The van der Waals surface area contributed by atoms with E-state index in [9.17, 15) is 14.9 Å². The second-order valence-electron chi connectivity index (χ2n) is 8.60. The van der Waals surface area contributed by atoms with Crippen LogP contribution in [0.1, 0.15) is 36.7 Å². The van der Waals surface area contributed by atoms with Crippen molar-refractivity contribution in [3.8, 4) is 6.07 Å². The molecule has 0 saturated carbocycles. The van der Waals surface area contributed by atoms with Crippen LogP contribution in [-0.2, 0) is 9.47 Å². The number of hydrogen-bond acceptors (Lipinski definition) is 6. The Morgan fingerprint density at radius 3 is 2.58 bits per heavy atom. The van der Waals surface area contributed by atoms with Crippen LogP contribution in [0.15, 0.2) is 60.8 Å². The van der Waals surface area contributed by atoms with Crippen molar-refractivity contribution >= 4 is 34.1 Å². The fraction of sp³-hybridized carbons (Fsp3) is 0.269. The van der Waals surface area contributed by atoms with Crippen molar-refractivity contribution in [2.75, 3.05) is 25.1 Å². The molecule has 0 spiro atoms. The van der Waals surface area contributed by atoms with Gasteiger partial charge in [0.2, 0.25) is 0 Å². The summed E-state index contributed by atoms with van der Waals surface area (Å²) in [5.74, 6) is -0.602. The second-order valence-corrected chi connectivity index (χ2v) is 8.60. The van der Waals surface area contributed by atoms with Crippen molar-refractivity contribution in [1.82, 2.24) is 5.32 Å². The van der Waals surface area contributed by atoms with Gasteiger partial charge in [-0.1, -0.05) is 30.9 Å². The Bertz CT molecular complexity index is 1210. The number of carbonyl (C=O) groups is 2. The Kier molecular flexibility index (Phi) is 6.88. The first-order valence-electron chi connectivity index (χ1n) is 10.5. The molecule has 0 unspecified atom stereocenters. The molecule has 0 aromatic heterocycles. The highest BCUT2D eigenvalue weighted by Crippen LogP contribution is 2.35. The van der Waals surface area contributed by atoms with Crippen LogP contribution in [-0.4, -0.2) is 37.9 Å². The molecule has 0 aliphatic carbocycles. The molecule has 33 heavy (non-hydrogen) atoms. The van der Waals surface area contributed by atoms with E-state index in [-0.39, 0.29) is 17.7 Å². The molecule has 170 valence electrons. The molecule has 1 aliphatic rings. The van der Waals surface area contributed by atoms with Gasteiger partial charge in [-0.2, -0.15) is 5.26 Å². The van der Waals surface area contributed by atoms with Gasteiger partial charge in [0.1, 0.15) is 5.60 Å². The molecule has 0 atom stereocenters. The van der Waals surface area contributed by atoms with E-state index in [0.717, 1.165) is 16.5 Å². The van der Waals surface area contributed by atoms with Gasteiger partial charge < -0.3 is 14.8 Å². The Balaban J connectivity index is 2.29. The first kappa shape index (κ1) is 23.6. The third-order valence-electron chi connectivity index (χ3n) is 4.96. The summed E-state index contributed by atoms with van der Waals surface area (Å²) in [5, 5.41) is 14.0. The number of hydrogen-bond donors (Lipinski definition) is 1. The third kappa shape index (κ3) is 5.42. The van der Waals surface area contributed by atoms with Gasteiger partial charge in [0.25, 0.3) is 0 Å². The average molecular weight is 446 g/mol. The zero-order valence-electron chi connectivity index (χ0n) is 19.3. The van der Waals surface area contributed by atoms with Crippen LogP contribution in [0.4, 0.5) is 10.5 Å². The van der Waals surface area contributed by atoms with E-state index in [4.69, 9.17) is 9.47 Å². The predicted octanol–water partition coefficient (Wildman–Crippen LogP) is 4.95. The molecule has 1 N–H and O–H groups in total. The van der Waals surface area contributed by atoms with Crippen LogP contribution in [0.25, 0.3) is 16.3 Å². The fourth-order valence-corrected chi connectivity index (χ4v) is 3.51. The standard InChI is InChI=1S/C26H27N3O4/c1-17(14-27)16-29(25(31)33-26(2,3)4)23-21(24(30)32-5)11-10-18-8-9-19(13-22(18)23)20-7-6-12-28-15-20/h6-13,28H,1,15-16H2,2-5H3. The summed E-state index contributed by atoms with van der Waals surface area (Å²) in [5.41, 5.74) is 1.86. The number of benzene rings is 2. The zero-order valence-corrected chi connectivity index (χ0v) is 19.3. The first-order valence-corrected chi connectivity index (χ1v) is 10.5. The van der Waals surface area contributed by atoms with E-state index in [1.165, 1.54) is 12.0 Å². The zero-order chi connectivity index (χ0) is 24.2. The van der Waals surface area contributed by atoms with Gasteiger partial charge in [-0.25, -0.2) is 9.59 Å². The van der Waals surface area contributed by atoms with Crippen molar-refractivity contribution in [3.05, 3.63) is 72.0 Å². The number of amides is 1. The molecular weight excluding hydrogens is 418 g/mol. The van der Waals surface area contributed by atoms with E-state index in [1.54, 1.807) is 32.9 Å². The van der Waals surface area contributed by atoms with Gasteiger partial charge in [-0.3, -0.25) is 4.90 Å². The minimum atomic E-state index is -0.782. The molecule has 0 fully saturated rings. The number of allylic oxidation sites excluding steroid dienone is 2. The number of nitrogens with zero attached hydrogens (tertiary/aromatic N) is 2. The number of anilines is 1. The molecule has 7 heteroatoms. The number of dihydropyridines is 1. The molecule has 1 heterocycles. The summed E-state index contributed by atoms with van der Waals surface area (Å²) in [6, 6.07) is 11.2. The number of fused-ring (bicyclic) bond motifs is 1. The lowest BCUT2D eigenvalue weighted by molar-refractivity contribution is 0.0582. The van der Waals surface area contributed by atoms with Crippen molar-refractivity contribution in [2.24, 2.45) is 0 Å². The van der Waals surface area contributed by atoms with Crippen LogP contribution in [0.2, 0.25) is 0 Å². The van der Waals surface area contributed by atoms with Crippen LogP contribution in [0, 0.1) is 11.3 Å². The summed E-state index contributed by atoms with van der Waals surface area (Å²) >= 11 is 0.